The normalized spacial score (nSPS) is 10.2. The third-order valence-corrected chi connectivity index (χ3v) is 2.22. The van der Waals surface area contributed by atoms with Crippen molar-refractivity contribution in [3.63, 3.8) is 0 Å². The number of fused-ring (bicyclic) bond motifs is 1. The average molecular weight is 231 g/mol. The van der Waals surface area contributed by atoms with Crippen molar-refractivity contribution < 1.29 is 12.4 Å². The Morgan fingerprint density at radius 3 is 2.71 bits per heavy atom. The van der Waals surface area contributed by atoms with Crippen molar-refractivity contribution in [1.82, 2.24) is 14.4 Å². The van der Waals surface area contributed by atoms with E-state index in [1.165, 1.54) is 0 Å². The highest BCUT2D eigenvalue weighted by Crippen LogP contribution is 2.09. The lowest BCUT2D eigenvalue weighted by molar-refractivity contribution is -0.00000307. The van der Waals surface area contributed by atoms with E-state index in [2.05, 4.69) is 9.97 Å². The molecule has 0 amide bonds. The molecular weight excluding hydrogens is 221 g/mol. The lowest BCUT2D eigenvalue weighted by atomic mass is 10.3. The van der Waals surface area contributed by atoms with Gasteiger partial charge in [-0.1, -0.05) is 0 Å². The summed E-state index contributed by atoms with van der Waals surface area (Å²) in [7, 11) is 0. The van der Waals surface area contributed by atoms with Crippen LogP contribution in [-0.4, -0.2) is 14.4 Å². The van der Waals surface area contributed by atoms with Crippen LogP contribution in [0.1, 0.15) is 17.1 Å². The Bertz CT molecular complexity index is 450. The molecular formula is C9H10Cl2N3-. The third-order valence-electron chi connectivity index (χ3n) is 1.95. The lowest BCUT2D eigenvalue weighted by Crippen LogP contribution is -3.00. The maximum absolute atomic E-state index is 5.69. The summed E-state index contributed by atoms with van der Waals surface area (Å²) in [6, 6.07) is 2.02. The molecule has 2 rings (SSSR count). The topological polar surface area (TPSA) is 30.2 Å². The van der Waals surface area contributed by atoms with Gasteiger partial charge in [-0.05, 0) is 19.9 Å². The van der Waals surface area contributed by atoms with E-state index in [9.17, 15) is 0 Å². The molecule has 3 nitrogen and oxygen atoms in total. The van der Waals surface area contributed by atoms with Crippen LogP contribution in [0.3, 0.4) is 0 Å². The van der Waals surface area contributed by atoms with E-state index >= 15 is 0 Å². The molecule has 0 saturated heterocycles. The number of aromatic nitrogens is 3. The zero-order valence-corrected chi connectivity index (χ0v) is 9.47. The number of rotatable bonds is 1. The minimum atomic E-state index is 0. The predicted molar refractivity (Wildman–Crippen MR) is 52.0 cm³/mol. The smallest absolute Gasteiger partial charge is 0.234 e. The number of imidazole rings is 1. The van der Waals surface area contributed by atoms with Crippen molar-refractivity contribution >= 4 is 17.4 Å². The molecule has 0 unspecified atom stereocenters. The van der Waals surface area contributed by atoms with E-state index < -0.39 is 0 Å². The molecule has 2 aromatic heterocycles. The zero-order chi connectivity index (χ0) is 9.42. The number of hydrogen-bond donors (Lipinski definition) is 0. The minimum Gasteiger partial charge on any atom is -1.00 e. The van der Waals surface area contributed by atoms with Crippen LogP contribution in [0.4, 0.5) is 0 Å². The van der Waals surface area contributed by atoms with Crippen LogP contribution in [0.25, 0.3) is 5.78 Å². The highest BCUT2D eigenvalue weighted by atomic mass is 35.5. The molecule has 0 N–H and O–H groups in total. The van der Waals surface area contributed by atoms with Crippen molar-refractivity contribution in [1.29, 1.82) is 0 Å². The molecule has 2 aromatic rings. The van der Waals surface area contributed by atoms with Gasteiger partial charge in [0.2, 0.25) is 5.78 Å². The van der Waals surface area contributed by atoms with Gasteiger partial charge in [0, 0.05) is 17.6 Å². The van der Waals surface area contributed by atoms with Crippen LogP contribution in [0, 0.1) is 13.8 Å². The summed E-state index contributed by atoms with van der Waals surface area (Å²) < 4.78 is 1.95. The summed E-state index contributed by atoms with van der Waals surface area (Å²) in [5.41, 5.74) is 2.98. The molecule has 76 valence electrons. The summed E-state index contributed by atoms with van der Waals surface area (Å²) >= 11 is 5.69. The molecule has 0 saturated carbocycles. The Morgan fingerprint density at radius 2 is 2.07 bits per heavy atom. The van der Waals surface area contributed by atoms with Crippen LogP contribution >= 0.6 is 11.6 Å². The van der Waals surface area contributed by atoms with E-state index in [1.807, 2.05) is 30.5 Å². The van der Waals surface area contributed by atoms with E-state index in [1.54, 1.807) is 0 Å². The first kappa shape index (κ1) is 11.3. The number of halogens is 2. The van der Waals surface area contributed by atoms with Gasteiger partial charge < -0.3 is 12.4 Å². The fourth-order valence-corrected chi connectivity index (χ4v) is 1.51. The minimum absolute atomic E-state index is 0. The van der Waals surface area contributed by atoms with E-state index in [-0.39, 0.29) is 12.4 Å². The second kappa shape index (κ2) is 4.15. The second-order valence-electron chi connectivity index (χ2n) is 3.07. The van der Waals surface area contributed by atoms with Gasteiger partial charge >= 0.3 is 0 Å². The predicted octanol–water partition coefficient (Wildman–Crippen LogP) is -0.911. The van der Waals surface area contributed by atoms with Crippen LogP contribution in [0.15, 0.2) is 12.3 Å². The Hall–Kier alpha value is -0.800. The van der Waals surface area contributed by atoms with Crippen LogP contribution < -0.4 is 12.4 Å². The molecule has 0 radical (unpaired) electrons. The third kappa shape index (κ3) is 1.83. The lowest BCUT2D eigenvalue weighted by Gasteiger charge is -1.98. The Kier molecular flexibility index (Phi) is 3.34. The first-order valence-corrected chi connectivity index (χ1v) is 4.62. The average Bonchev–Trinajstić information content (AvgIpc) is 2.47. The molecule has 0 spiro atoms. The molecule has 0 aliphatic carbocycles. The highest BCUT2D eigenvalue weighted by molar-refractivity contribution is 6.16. The molecule has 0 atom stereocenters. The van der Waals surface area contributed by atoms with Gasteiger partial charge in [-0.25, -0.2) is 9.97 Å². The standard InChI is InChI=1S/C9H10ClN3.ClH/c1-6-3-7(2)13-5-8(4-10)12-9(13)11-6;/h3,5H,4H2,1-2H3;1H/p-1. The van der Waals surface area contributed by atoms with Crippen molar-refractivity contribution in [2.45, 2.75) is 19.7 Å². The van der Waals surface area contributed by atoms with Crippen LogP contribution in [0.5, 0.6) is 0 Å². The molecule has 0 aliphatic heterocycles. The monoisotopic (exact) mass is 230 g/mol. The van der Waals surface area contributed by atoms with Crippen LogP contribution in [-0.2, 0) is 5.88 Å². The first-order valence-electron chi connectivity index (χ1n) is 4.09. The molecule has 14 heavy (non-hydrogen) atoms. The fourth-order valence-electron chi connectivity index (χ4n) is 1.38. The number of aryl methyl sites for hydroxylation is 2. The largest absolute Gasteiger partial charge is 1.00 e. The van der Waals surface area contributed by atoms with Gasteiger partial charge in [0.15, 0.2) is 0 Å². The summed E-state index contributed by atoms with van der Waals surface area (Å²) in [6.45, 7) is 3.99. The van der Waals surface area contributed by atoms with Gasteiger partial charge in [0.05, 0.1) is 11.6 Å². The van der Waals surface area contributed by atoms with Crippen LogP contribution in [0.2, 0.25) is 0 Å². The maximum Gasteiger partial charge on any atom is 0.234 e. The summed E-state index contributed by atoms with van der Waals surface area (Å²) in [5, 5.41) is 0. The molecule has 0 aliphatic rings. The van der Waals surface area contributed by atoms with Crippen molar-refractivity contribution in [2.75, 3.05) is 0 Å². The quantitative estimate of drug-likeness (QED) is 0.595. The van der Waals surface area contributed by atoms with E-state index in [0.717, 1.165) is 22.9 Å². The van der Waals surface area contributed by atoms with Gasteiger partial charge in [-0.2, -0.15) is 0 Å². The van der Waals surface area contributed by atoms with E-state index in [0.29, 0.717) is 5.88 Å². The first-order chi connectivity index (χ1) is 6.20. The summed E-state index contributed by atoms with van der Waals surface area (Å²) in [5.74, 6) is 1.16. The Balaban J connectivity index is 0.000000980. The SMILES string of the molecule is Cc1cc(C)n2cc(CCl)nc2n1.[Cl-]. The van der Waals surface area contributed by atoms with Crippen molar-refractivity contribution in [3.05, 3.63) is 29.3 Å². The molecule has 2 heterocycles. The number of alkyl halides is 1. The zero-order valence-electron chi connectivity index (χ0n) is 7.96. The van der Waals surface area contributed by atoms with Gasteiger partial charge in [0.1, 0.15) is 0 Å². The highest BCUT2D eigenvalue weighted by Gasteiger charge is 2.03. The fraction of sp³-hybridized carbons (Fsp3) is 0.333. The van der Waals surface area contributed by atoms with Crippen molar-refractivity contribution in [2.24, 2.45) is 0 Å². The van der Waals surface area contributed by atoms with Gasteiger partial charge in [-0.15, -0.1) is 11.6 Å². The maximum atomic E-state index is 5.69. The molecule has 0 fully saturated rings. The molecule has 5 heteroatoms. The van der Waals surface area contributed by atoms with E-state index in [4.69, 9.17) is 11.6 Å². The second-order valence-corrected chi connectivity index (χ2v) is 3.34. The number of hydrogen-bond acceptors (Lipinski definition) is 2. The van der Waals surface area contributed by atoms with Gasteiger partial charge in [0.25, 0.3) is 0 Å². The van der Waals surface area contributed by atoms with Crippen molar-refractivity contribution in [3.8, 4) is 0 Å². The Labute approximate surface area is 93.5 Å². The molecule has 0 bridgehead atoms. The summed E-state index contributed by atoms with van der Waals surface area (Å²) in [6.07, 6.45) is 1.92. The van der Waals surface area contributed by atoms with Gasteiger partial charge in [-0.3, -0.25) is 4.40 Å². The summed E-state index contributed by atoms with van der Waals surface area (Å²) in [4.78, 5) is 8.57. The number of nitrogens with zero attached hydrogens (tertiary/aromatic N) is 3. The Morgan fingerprint density at radius 1 is 1.36 bits per heavy atom. The molecule has 0 aromatic carbocycles.